The fourth-order valence-electron chi connectivity index (χ4n) is 1.28. The summed E-state index contributed by atoms with van der Waals surface area (Å²) in [5.41, 5.74) is 0.730. The van der Waals surface area contributed by atoms with Gasteiger partial charge in [0, 0.05) is 6.07 Å². The highest BCUT2D eigenvalue weighted by atomic mass is 16.6. The van der Waals surface area contributed by atoms with E-state index in [0.717, 1.165) is 5.69 Å². The summed E-state index contributed by atoms with van der Waals surface area (Å²) in [6.07, 6.45) is 1.27. The molecule has 0 saturated carbocycles. The number of carbonyl (C=O) groups excluding carboxylic acids is 1. The number of carbonyl (C=O) groups is 1. The standard InChI is InChI=1S/C9H10N2O3/c1-13-8-3-2-7(6-10-8)11-4-5-14-9(11)12/h2-3,6H,4-5H2,1H3. The molecule has 0 aromatic carbocycles. The lowest BCUT2D eigenvalue weighted by atomic mass is 10.4. The van der Waals surface area contributed by atoms with Crippen LogP contribution in [-0.2, 0) is 4.74 Å². The third-order valence-electron chi connectivity index (χ3n) is 2.00. The largest absolute Gasteiger partial charge is 0.481 e. The Balaban J connectivity index is 2.20. The fourth-order valence-corrected chi connectivity index (χ4v) is 1.28. The number of pyridine rings is 1. The molecule has 1 aromatic heterocycles. The molecular weight excluding hydrogens is 184 g/mol. The molecule has 0 unspecified atom stereocenters. The number of nitrogens with zero attached hydrogens (tertiary/aromatic N) is 2. The molecule has 1 aliphatic heterocycles. The van der Waals surface area contributed by atoms with Gasteiger partial charge in [0.2, 0.25) is 5.88 Å². The molecule has 2 rings (SSSR count). The van der Waals surface area contributed by atoms with Crippen LogP contribution in [-0.4, -0.2) is 31.3 Å². The van der Waals surface area contributed by atoms with Crippen molar-refractivity contribution < 1.29 is 14.3 Å². The summed E-state index contributed by atoms with van der Waals surface area (Å²) in [7, 11) is 1.55. The maximum absolute atomic E-state index is 11.2. The van der Waals surface area contributed by atoms with Gasteiger partial charge in [-0.1, -0.05) is 0 Å². The van der Waals surface area contributed by atoms with Crippen molar-refractivity contribution in [3.05, 3.63) is 18.3 Å². The van der Waals surface area contributed by atoms with Crippen molar-refractivity contribution in [1.29, 1.82) is 0 Å². The Labute approximate surface area is 81.3 Å². The van der Waals surface area contributed by atoms with E-state index in [4.69, 9.17) is 9.47 Å². The van der Waals surface area contributed by atoms with Gasteiger partial charge in [-0.2, -0.15) is 0 Å². The van der Waals surface area contributed by atoms with E-state index in [1.165, 1.54) is 4.90 Å². The van der Waals surface area contributed by atoms with Crippen molar-refractivity contribution in [1.82, 2.24) is 4.98 Å². The highest BCUT2D eigenvalue weighted by Crippen LogP contribution is 2.19. The number of rotatable bonds is 2. The maximum Gasteiger partial charge on any atom is 0.414 e. The summed E-state index contributed by atoms with van der Waals surface area (Å²) in [6, 6.07) is 3.49. The van der Waals surface area contributed by atoms with E-state index >= 15 is 0 Å². The van der Waals surface area contributed by atoms with Crippen LogP contribution >= 0.6 is 0 Å². The van der Waals surface area contributed by atoms with E-state index in [0.29, 0.717) is 19.0 Å². The molecular formula is C9H10N2O3. The van der Waals surface area contributed by atoms with Crippen molar-refractivity contribution >= 4 is 11.8 Å². The van der Waals surface area contributed by atoms with Gasteiger partial charge in [0.25, 0.3) is 0 Å². The van der Waals surface area contributed by atoms with Crippen LogP contribution in [0, 0.1) is 0 Å². The Kier molecular flexibility index (Phi) is 2.22. The summed E-state index contributed by atoms with van der Waals surface area (Å²) >= 11 is 0. The smallest absolute Gasteiger partial charge is 0.414 e. The van der Waals surface area contributed by atoms with E-state index in [2.05, 4.69) is 4.98 Å². The second-order valence-corrected chi connectivity index (χ2v) is 2.82. The lowest BCUT2D eigenvalue weighted by Crippen LogP contribution is -2.23. The van der Waals surface area contributed by atoms with E-state index in [9.17, 15) is 4.79 Å². The summed E-state index contributed by atoms with van der Waals surface area (Å²) in [5, 5.41) is 0. The van der Waals surface area contributed by atoms with Gasteiger partial charge in [-0.05, 0) is 6.07 Å². The third kappa shape index (κ3) is 1.48. The Hall–Kier alpha value is -1.78. The quantitative estimate of drug-likeness (QED) is 0.706. The highest BCUT2D eigenvalue weighted by Gasteiger charge is 2.23. The van der Waals surface area contributed by atoms with Crippen LogP contribution in [0.15, 0.2) is 18.3 Å². The molecule has 0 bridgehead atoms. The van der Waals surface area contributed by atoms with Crippen LogP contribution in [0.5, 0.6) is 5.88 Å². The molecule has 1 fully saturated rings. The molecule has 0 aliphatic carbocycles. The van der Waals surface area contributed by atoms with Crippen molar-refractivity contribution in [3.8, 4) is 5.88 Å². The Morgan fingerprint density at radius 2 is 2.43 bits per heavy atom. The lowest BCUT2D eigenvalue weighted by molar-refractivity contribution is 0.181. The van der Waals surface area contributed by atoms with Crippen molar-refractivity contribution in [2.24, 2.45) is 0 Å². The van der Waals surface area contributed by atoms with Gasteiger partial charge >= 0.3 is 6.09 Å². The highest BCUT2D eigenvalue weighted by molar-refractivity contribution is 5.89. The summed E-state index contributed by atoms with van der Waals surface area (Å²) in [6.45, 7) is 1.01. The van der Waals surface area contributed by atoms with Gasteiger partial charge in [-0.3, -0.25) is 4.90 Å². The normalized spacial score (nSPS) is 15.5. The van der Waals surface area contributed by atoms with Gasteiger partial charge in [-0.15, -0.1) is 0 Å². The van der Waals surface area contributed by atoms with Crippen LogP contribution < -0.4 is 9.64 Å². The number of cyclic esters (lactones) is 1. The molecule has 5 heteroatoms. The average molecular weight is 194 g/mol. The maximum atomic E-state index is 11.2. The second-order valence-electron chi connectivity index (χ2n) is 2.82. The van der Waals surface area contributed by atoms with Crippen molar-refractivity contribution in [2.75, 3.05) is 25.2 Å². The van der Waals surface area contributed by atoms with Gasteiger partial charge in [0.1, 0.15) is 6.61 Å². The number of methoxy groups -OCH3 is 1. The van der Waals surface area contributed by atoms with Crippen LogP contribution in [0.1, 0.15) is 0 Å². The first-order chi connectivity index (χ1) is 6.81. The van der Waals surface area contributed by atoms with E-state index < -0.39 is 0 Å². The van der Waals surface area contributed by atoms with Gasteiger partial charge in [0.05, 0.1) is 25.5 Å². The first kappa shape index (κ1) is 8.80. The van der Waals surface area contributed by atoms with Crippen LogP contribution in [0.25, 0.3) is 0 Å². The van der Waals surface area contributed by atoms with Gasteiger partial charge < -0.3 is 9.47 Å². The van der Waals surface area contributed by atoms with E-state index in [-0.39, 0.29) is 6.09 Å². The Morgan fingerprint density at radius 3 is 2.93 bits per heavy atom. The topological polar surface area (TPSA) is 51.7 Å². The first-order valence-electron chi connectivity index (χ1n) is 4.25. The minimum atomic E-state index is -0.322. The number of ether oxygens (including phenoxy) is 2. The summed E-state index contributed by atoms with van der Waals surface area (Å²) < 4.78 is 9.72. The third-order valence-corrected chi connectivity index (χ3v) is 2.00. The molecule has 0 N–H and O–H groups in total. The SMILES string of the molecule is COc1ccc(N2CCOC2=O)cn1. The Bertz CT molecular complexity index is 336. The number of aromatic nitrogens is 1. The molecule has 0 radical (unpaired) electrons. The second kappa shape index (κ2) is 3.53. The first-order valence-corrected chi connectivity index (χ1v) is 4.25. The molecule has 1 saturated heterocycles. The zero-order chi connectivity index (χ0) is 9.97. The predicted molar refractivity (Wildman–Crippen MR) is 49.5 cm³/mol. The van der Waals surface area contributed by atoms with Crippen molar-refractivity contribution in [3.63, 3.8) is 0 Å². The molecule has 1 aromatic rings. The summed E-state index contributed by atoms with van der Waals surface area (Å²) in [5.74, 6) is 0.529. The zero-order valence-electron chi connectivity index (χ0n) is 7.77. The Morgan fingerprint density at radius 1 is 1.57 bits per heavy atom. The molecule has 1 aliphatic rings. The molecule has 0 atom stereocenters. The number of amides is 1. The summed E-state index contributed by atoms with van der Waals surface area (Å²) in [4.78, 5) is 16.7. The van der Waals surface area contributed by atoms with Crippen LogP contribution in [0.2, 0.25) is 0 Å². The molecule has 2 heterocycles. The monoisotopic (exact) mass is 194 g/mol. The van der Waals surface area contributed by atoms with Gasteiger partial charge in [-0.25, -0.2) is 9.78 Å². The lowest BCUT2D eigenvalue weighted by Gasteiger charge is -2.11. The number of hydrogen-bond acceptors (Lipinski definition) is 4. The average Bonchev–Trinajstić information content (AvgIpc) is 2.65. The van der Waals surface area contributed by atoms with E-state index in [1.807, 2.05) is 0 Å². The molecule has 1 amide bonds. The number of hydrogen-bond donors (Lipinski definition) is 0. The predicted octanol–water partition coefficient (Wildman–Crippen LogP) is 1.05. The molecule has 5 nitrogen and oxygen atoms in total. The van der Waals surface area contributed by atoms with Crippen LogP contribution in [0.3, 0.4) is 0 Å². The van der Waals surface area contributed by atoms with Gasteiger partial charge in [0.15, 0.2) is 0 Å². The molecule has 0 spiro atoms. The number of anilines is 1. The fraction of sp³-hybridized carbons (Fsp3) is 0.333. The van der Waals surface area contributed by atoms with Crippen LogP contribution in [0.4, 0.5) is 10.5 Å². The molecule has 14 heavy (non-hydrogen) atoms. The van der Waals surface area contributed by atoms with Crippen molar-refractivity contribution in [2.45, 2.75) is 0 Å². The zero-order valence-corrected chi connectivity index (χ0v) is 7.77. The van der Waals surface area contributed by atoms with E-state index in [1.54, 1.807) is 25.4 Å². The molecule has 74 valence electrons. The minimum Gasteiger partial charge on any atom is -0.481 e. The minimum absolute atomic E-state index is 0.322.